The Kier molecular flexibility index (Phi) is 7.36. The second-order valence-electron chi connectivity index (χ2n) is 5.96. The fourth-order valence-corrected chi connectivity index (χ4v) is 3.62. The number of unbranched alkanes of at least 4 members (excludes halogenated alkanes) is 2. The van der Waals surface area contributed by atoms with Gasteiger partial charge >= 0.3 is 6.18 Å². The van der Waals surface area contributed by atoms with E-state index >= 15 is 0 Å². The summed E-state index contributed by atoms with van der Waals surface area (Å²) >= 11 is 1.47. The Balaban J connectivity index is 1.75. The molecule has 0 nitrogen and oxygen atoms in total. The third-order valence-electron chi connectivity index (χ3n) is 4.06. The first-order valence-electron chi connectivity index (χ1n) is 8.47. The smallest absolute Gasteiger partial charge is 0.207 e. The van der Waals surface area contributed by atoms with Crippen molar-refractivity contribution in [3.8, 4) is 0 Å². The van der Waals surface area contributed by atoms with Gasteiger partial charge in [0.2, 0.25) is 0 Å². The van der Waals surface area contributed by atoms with Gasteiger partial charge in [-0.2, -0.15) is 13.2 Å². The Bertz CT molecular complexity index is 662. The van der Waals surface area contributed by atoms with Gasteiger partial charge in [-0.15, -0.1) is 11.8 Å². The Morgan fingerprint density at radius 1 is 0.920 bits per heavy atom. The molecule has 0 spiro atoms. The highest BCUT2D eigenvalue weighted by atomic mass is 32.2. The zero-order valence-electron chi connectivity index (χ0n) is 14.2. The van der Waals surface area contributed by atoms with Crippen LogP contribution in [0.1, 0.15) is 42.9 Å². The Morgan fingerprint density at radius 3 is 2.28 bits per heavy atom. The topological polar surface area (TPSA) is 0 Å². The van der Waals surface area contributed by atoms with Crippen molar-refractivity contribution in [2.24, 2.45) is 0 Å². The molecule has 2 rings (SSSR count). The van der Waals surface area contributed by atoms with Crippen molar-refractivity contribution in [2.75, 3.05) is 5.75 Å². The van der Waals surface area contributed by atoms with E-state index in [1.165, 1.54) is 30.0 Å². The molecule has 2 aromatic carbocycles. The summed E-state index contributed by atoms with van der Waals surface area (Å²) in [7, 11) is 0. The molecule has 136 valence electrons. The van der Waals surface area contributed by atoms with E-state index in [1.807, 2.05) is 0 Å². The molecule has 0 amide bonds. The van der Waals surface area contributed by atoms with Crippen LogP contribution in [-0.2, 0) is 19.0 Å². The molecule has 0 aliphatic carbocycles. The van der Waals surface area contributed by atoms with Crippen LogP contribution in [0, 0.1) is 5.82 Å². The Hall–Kier alpha value is -1.49. The first kappa shape index (κ1) is 19.8. The Labute approximate surface area is 150 Å². The molecule has 0 fully saturated rings. The fraction of sp³-hybridized carbons (Fsp3) is 0.400. The van der Waals surface area contributed by atoms with E-state index in [4.69, 9.17) is 0 Å². The number of rotatable bonds is 8. The summed E-state index contributed by atoms with van der Waals surface area (Å²) in [5.41, 5.74) is 0.937. The lowest BCUT2D eigenvalue weighted by Crippen LogP contribution is -2.08. The van der Waals surface area contributed by atoms with Gasteiger partial charge in [-0.3, -0.25) is 0 Å². The first-order valence-corrected chi connectivity index (χ1v) is 9.46. The van der Waals surface area contributed by atoms with Gasteiger partial charge in [0, 0.05) is 4.90 Å². The van der Waals surface area contributed by atoms with E-state index in [1.54, 1.807) is 31.2 Å². The van der Waals surface area contributed by atoms with Crippen molar-refractivity contribution < 1.29 is 17.6 Å². The van der Waals surface area contributed by atoms with Crippen LogP contribution in [0.25, 0.3) is 0 Å². The van der Waals surface area contributed by atoms with Gasteiger partial charge in [0.15, 0.2) is 0 Å². The number of thioether (sulfide) groups is 1. The maximum absolute atomic E-state index is 13.1. The lowest BCUT2D eigenvalue weighted by molar-refractivity contribution is -0.138. The minimum absolute atomic E-state index is 0.229. The van der Waals surface area contributed by atoms with Crippen LogP contribution in [0.2, 0.25) is 0 Å². The molecular weight excluding hydrogens is 348 g/mol. The molecule has 0 heterocycles. The number of hydrogen-bond donors (Lipinski definition) is 0. The quantitative estimate of drug-likeness (QED) is 0.276. The average molecular weight is 370 g/mol. The second kappa shape index (κ2) is 9.27. The lowest BCUT2D eigenvalue weighted by Gasteiger charge is -2.13. The van der Waals surface area contributed by atoms with E-state index < -0.39 is 11.7 Å². The van der Waals surface area contributed by atoms with E-state index in [0.29, 0.717) is 16.9 Å². The molecule has 0 aliphatic heterocycles. The molecule has 0 saturated heterocycles. The lowest BCUT2D eigenvalue weighted by atomic mass is 10.1. The first-order chi connectivity index (χ1) is 11.9. The van der Waals surface area contributed by atoms with Crippen LogP contribution in [0.5, 0.6) is 0 Å². The van der Waals surface area contributed by atoms with Gasteiger partial charge in [-0.1, -0.05) is 31.5 Å². The second-order valence-corrected chi connectivity index (χ2v) is 7.12. The molecule has 0 bridgehead atoms. The maximum atomic E-state index is 13.1. The van der Waals surface area contributed by atoms with E-state index in [-0.39, 0.29) is 5.82 Å². The minimum Gasteiger partial charge on any atom is -0.207 e. The molecule has 5 heteroatoms. The third kappa shape index (κ3) is 6.38. The van der Waals surface area contributed by atoms with Crippen LogP contribution in [0.4, 0.5) is 17.6 Å². The Morgan fingerprint density at radius 2 is 1.64 bits per heavy atom. The van der Waals surface area contributed by atoms with Crippen LogP contribution in [-0.4, -0.2) is 5.75 Å². The zero-order valence-corrected chi connectivity index (χ0v) is 15.0. The summed E-state index contributed by atoms with van der Waals surface area (Å²) in [5, 5.41) is 0. The van der Waals surface area contributed by atoms with Gasteiger partial charge in [0.05, 0.1) is 5.56 Å². The monoisotopic (exact) mass is 370 g/mol. The highest BCUT2D eigenvalue weighted by Crippen LogP contribution is 2.35. The standard InChI is InChI=1S/C20H22F4S/c1-2-16-9-12-18(14-19(16)20(22,23)24)25-13-5-3-4-6-15-7-10-17(21)11-8-15/h7-12,14H,2-6,13H2,1H3. The summed E-state index contributed by atoms with van der Waals surface area (Å²) in [6.07, 6.45) is -0.0737. The van der Waals surface area contributed by atoms with E-state index in [2.05, 4.69) is 0 Å². The molecule has 0 N–H and O–H groups in total. The molecule has 0 radical (unpaired) electrons. The number of benzene rings is 2. The molecule has 0 saturated carbocycles. The van der Waals surface area contributed by atoms with Crippen molar-refractivity contribution in [2.45, 2.75) is 50.1 Å². The summed E-state index contributed by atoms with van der Waals surface area (Å²) in [5.74, 6) is 0.569. The number of hydrogen-bond acceptors (Lipinski definition) is 1. The average Bonchev–Trinajstić information content (AvgIpc) is 2.58. The summed E-state index contributed by atoms with van der Waals surface area (Å²) in [6, 6.07) is 11.1. The van der Waals surface area contributed by atoms with Crippen molar-refractivity contribution in [3.63, 3.8) is 0 Å². The normalized spacial score (nSPS) is 11.7. The highest BCUT2D eigenvalue weighted by Gasteiger charge is 2.33. The van der Waals surface area contributed by atoms with Gasteiger partial charge < -0.3 is 0 Å². The summed E-state index contributed by atoms with van der Waals surface area (Å²) < 4.78 is 52.0. The van der Waals surface area contributed by atoms with E-state index in [9.17, 15) is 17.6 Å². The van der Waals surface area contributed by atoms with Crippen molar-refractivity contribution in [3.05, 3.63) is 65.0 Å². The highest BCUT2D eigenvalue weighted by molar-refractivity contribution is 7.99. The van der Waals surface area contributed by atoms with Crippen molar-refractivity contribution >= 4 is 11.8 Å². The predicted octanol–water partition coefficient (Wildman–Crippen LogP) is 6.91. The molecule has 0 unspecified atom stereocenters. The number of aryl methyl sites for hydroxylation is 2. The van der Waals surface area contributed by atoms with Crippen molar-refractivity contribution in [1.82, 2.24) is 0 Å². The number of halogens is 4. The molecule has 0 aromatic heterocycles. The maximum Gasteiger partial charge on any atom is 0.416 e. The molecule has 0 aliphatic rings. The van der Waals surface area contributed by atoms with Crippen LogP contribution < -0.4 is 0 Å². The van der Waals surface area contributed by atoms with Gasteiger partial charge in [-0.25, -0.2) is 4.39 Å². The van der Waals surface area contributed by atoms with Gasteiger partial charge in [0.25, 0.3) is 0 Å². The van der Waals surface area contributed by atoms with Crippen LogP contribution in [0.15, 0.2) is 47.4 Å². The van der Waals surface area contributed by atoms with Crippen LogP contribution in [0.3, 0.4) is 0 Å². The molecular formula is C20H22F4S. The molecule has 0 atom stereocenters. The van der Waals surface area contributed by atoms with Gasteiger partial charge in [-0.05, 0) is 66.8 Å². The third-order valence-corrected chi connectivity index (χ3v) is 5.14. The minimum atomic E-state index is -4.29. The van der Waals surface area contributed by atoms with Crippen LogP contribution >= 0.6 is 11.8 Å². The summed E-state index contributed by atoms with van der Waals surface area (Å²) in [4.78, 5) is 0.669. The molecule has 25 heavy (non-hydrogen) atoms. The van der Waals surface area contributed by atoms with E-state index in [0.717, 1.165) is 37.0 Å². The molecule has 2 aromatic rings. The predicted molar refractivity (Wildman–Crippen MR) is 95.5 cm³/mol. The summed E-state index contributed by atoms with van der Waals surface area (Å²) in [6.45, 7) is 1.73. The zero-order chi connectivity index (χ0) is 18.3. The SMILES string of the molecule is CCc1ccc(SCCCCCc2ccc(F)cc2)cc1C(F)(F)F. The van der Waals surface area contributed by atoms with Gasteiger partial charge in [0.1, 0.15) is 5.82 Å². The van der Waals surface area contributed by atoms with Crippen molar-refractivity contribution in [1.29, 1.82) is 0 Å². The number of alkyl halides is 3. The fourth-order valence-electron chi connectivity index (χ4n) is 2.67. The largest absolute Gasteiger partial charge is 0.416 e.